The number of ether oxygens (including phenoxy) is 3. The maximum absolute atomic E-state index is 14.2. The molecule has 0 spiro atoms. The smallest absolute Gasteiger partial charge is 0.414 e. The van der Waals surface area contributed by atoms with E-state index in [1.807, 2.05) is 6.07 Å². The summed E-state index contributed by atoms with van der Waals surface area (Å²) in [7, 11) is 6.35. The van der Waals surface area contributed by atoms with Crippen molar-refractivity contribution in [1.82, 2.24) is 9.80 Å². The zero-order valence-electron chi connectivity index (χ0n) is 30.5. The molecule has 12 nitrogen and oxygen atoms in total. The number of carbonyl (C=O) groups excluding carboxylic acids is 2. The first-order valence-corrected chi connectivity index (χ1v) is 18.3. The van der Waals surface area contributed by atoms with E-state index < -0.39 is 18.0 Å². The fraction of sp³-hybridized carbons (Fsp3) is 0.350. The molecule has 3 saturated heterocycles. The van der Waals surface area contributed by atoms with Crippen LogP contribution in [-0.4, -0.2) is 92.1 Å². The Bertz CT molecular complexity index is 2030. The van der Waals surface area contributed by atoms with E-state index in [-0.39, 0.29) is 46.5 Å². The van der Waals surface area contributed by atoms with E-state index in [0.717, 1.165) is 30.7 Å². The van der Waals surface area contributed by atoms with Crippen molar-refractivity contribution in [3.63, 3.8) is 0 Å². The number of carbonyl (C=O) groups is 3. The Labute approximate surface area is 323 Å². The van der Waals surface area contributed by atoms with E-state index in [1.165, 1.54) is 42.5 Å². The largest absolute Gasteiger partial charge is 0.493 e. The predicted octanol–water partition coefficient (Wildman–Crippen LogP) is 6.55. The van der Waals surface area contributed by atoms with Gasteiger partial charge in [-0.1, -0.05) is 47.5 Å². The Balaban J connectivity index is 1.45. The Morgan fingerprint density at radius 2 is 1.65 bits per heavy atom. The summed E-state index contributed by atoms with van der Waals surface area (Å²) in [4.78, 5) is 45.3. The van der Waals surface area contributed by atoms with E-state index in [2.05, 4.69) is 4.90 Å². The van der Waals surface area contributed by atoms with E-state index >= 15 is 0 Å². The highest BCUT2D eigenvalue weighted by molar-refractivity contribution is 6.35. The van der Waals surface area contributed by atoms with E-state index in [4.69, 9.17) is 37.4 Å². The van der Waals surface area contributed by atoms with Crippen LogP contribution in [0.15, 0.2) is 73.1 Å². The second kappa shape index (κ2) is 16.5. The molecule has 3 fully saturated rings. The molecule has 3 aromatic carbocycles. The molecule has 4 heterocycles. The third kappa shape index (κ3) is 8.36. The highest BCUT2D eigenvalue weighted by Crippen LogP contribution is 2.39. The fourth-order valence-corrected chi connectivity index (χ4v) is 7.96. The standard InChI is InChI=1S/C40H42Cl2N4O8/c1-43(2)38(47)27-6-5-7-28(17-27)46(40(50)54-37-23-44-14-12-25(37)13-15-44)20-24-8-10-29(39(48)49)31(16-24)30(19-32-33(41)21-45(51)22-34(32)42)26-9-11-35(52-3)36(18-26)53-4/h5-11,16-18,21-22,25,30,37H,12-15,19-20,23H2,1-4H3,(H-,48,49,51)/p+1/t30-,37-/m0/s1. The van der Waals surface area contributed by atoms with Gasteiger partial charge in [-0.15, -0.1) is 0 Å². The first-order chi connectivity index (χ1) is 25.9. The SMILES string of the molecule is COc1ccc([C@H](Cc2c(Cl)c[n+](O)cc2Cl)c2cc(CN(C(=O)O[C@H]3CN4CCC3CC4)c3cccc(C(=O)N(C)C)c3)ccc2C(=O)O)cc1OC. The molecule has 14 heteroatoms. The molecule has 0 saturated carbocycles. The van der Waals surface area contributed by atoms with Crippen LogP contribution < -0.4 is 19.1 Å². The number of piperidine rings is 3. The number of fused-ring (bicyclic) bond motifs is 3. The van der Waals surface area contributed by atoms with Crippen LogP contribution in [-0.2, 0) is 17.7 Å². The molecule has 0 aliphatic carbocycles. The number of hydrogen-bond donors (Lipinski definition) is 2. The van der Waals surface area contributed by atoms with Crippen LogP contribution in [0.4, 0.5) is 10.5 Å². The fourth-order valence-electron chi connectivity index (χ4n) is 7.36. The van der Waals surface area contributed by atoms with Crippen molar-refractivity contribution in [2.24, 2.45) is 5.92 Å². The van der Waals surface area contributed by atoms with Crippen molar-refractivity contribution in [2.75, 3.05) is 52.8 Å². The van der Waals surface area contributed by atoms with E-state index in [1.54, 1.807) is 62.6 Å². The summed E-state index contributed by atoms with van der Waals surface area (Å²) in [6, 6.07) is 17.1. The lowest BCUT2D eigenvalue weighted by molar-refractivity contribution is -0.904. The summed E-state index contributed by atoms with van der Waals surface area (Å²) in [5.41, 5.74) is 3.06. The lowest BCUT2D eigenvalue weighted by Crippen LogP contribution is -2.53. The van der Waals surface area contributed by atoms with Crippen LogP contribution >= 0.6 is 23.2 Å². The van der Waals surface area contributed by atoms with Gasteiger partial charge >= 0.3 is 12.1 Å². The quantitative estimate of drug-likeness (QED) is 0.121. The second-order valence-electron chi connectivity index (χ2n) is 13.8. The van der Waals surface area contributed by atoms with Crippen LogP contribution in [0.25, 0.3) is 0 Å². The molecule has 0 unspecified atom stereocenters. The summed E-state index contributed by atoms with van der Waals surface area (Å²) in [6.07, 6.45) is 3.81. The number of anilines is 1. The molecular weight excluding hydrogens is 735 g/mol. The van der Waals surface area contributed by atoms with Gasteiger partial charge in [-0.3, -0.25) is 19.8 Å². The number of halogens is 2. The molecule has 2 bridgehead atoms. The van der Waals surface area contributed by atoms with Crippen LogP contribution in [0.2, 0.25) is 10.0 Å². The van der Waals surface area contributed by atoms with Crippen molar-refractivity contribution in [2.45, 2.75) is 37.8 Å². The van der Waals surface area contributed by atoms with Gasteiger partial charge in [-0.05, 0) is 91.4 Å². The molecular formula is C40H43Cl2N4O8+. The van der Waals surface area contributed by atoms with Crippen LogP contribution in [0.3, 0.4) is 0 Å². The molecule has 2 amide bonds. The number of methoxy groups -OCH3 is 2. The number of rotatable bonds is 12. The number of benzene rings is 3. The first-order valence-electron chi connectivity index (χ1n) is 17.6. The number of amides is 2. The third-order valence-corrected chi connectivity index (χ3v) is 10.9. The van der Waals surface area contributed by atoms with Crippen molar-refractivity contribution in [3.05, 3.63) is 116 Å². The van der Waals surface area contributed by atoms with Gasteiger partial charge in [0.25, 0.3) is 5.91 Å². The Hall–Kier alpha value is -5.04. The van der Waals surface area contributed by atoms with Crippen LogP contribution in [0.5, 0.6) is 11.5 Å². The summed E-state index contributed by atoms with van der Waals surface area (Å²) >= 11 is 13.2. The number of aromatic nitrogens is 1. The van der Waals surface area contributed by atoms with Crippen molar-refractivity contribution in [3.8, 4) is 11.5 Å². The lowest BCUT2D eigenvalue weighted by atomic mass is 9.82. The molecule has 2 atom stereocenters. The maximum atomic E-state index is 14.2. The average molecular weight is 779 g/mol. The minimum Gasteiger partial charge on any atom is -0.493 e. The van der Waals surface area contributed by atoms with Gasteiger partial charge in [0.1, 0.15) is 16.1 Å². The zero-order valence-corrected chi connectivity index (χ0v) is 32.0. The highest BCUT2D eigenvalue weighted by Gasteiger charge is 2.38. The van der Waals surface area contributed by atoms with E-state index in [9.17, 15) is 24.7 Å². The summed E-state index contributed by atoms with van der Waals surface area (Å²) in [5.74, 6) is -0.860. The first kappa shape index (κ1) is 38.7. The second-order valence-corrected chi connectivity index (χ2v) is 14.6. The topological polar surface area (TPSA) is 133 Å². The normalized spacial score (nSPS) is 18.1. The molecule has 284 valence electrons. The molecule has 7 rings (SSSR count). The van der Waals surface area contributed by atoms with Gasteiger partial charge < -0.3 is 24.2 Å². The van der Waals surface area contributed by atoms with Crippen molar-refractivity contribution >= 4 is 46.9 Å². The minimum absolute atomic E-state index is 0.00244. The summed E-state index contributed by atoms with van der Waals surface area (Å²) in [6.45, 7) is 2.63. The predicted molar refractivity (Wildman–Crippen MR) is 202 cm³/mol. The number of carboxylic acids is 1. The Morgan fingerprint density at radius 1 is 0.944 bits per heavy atom. The number of hydrogen-bond acceptors (Lipinski definition) is 8. The van der Waals surface area contributed by atoms with E-state index in [0.29, 0.717) is 51.5 Å². The minimum atomic E-state index is -1.16. The van der Waals surface area contributed by atoms with Gasteiger partial charge in [0.2, 0.25) is 12.4 Å². The number of aromatic carboxylic acids is 1. The monoisotopic (exact) mass is 777 g/mol. The van der Waals surface area contributed by atoms with Crippen LogP contribution in [0.1, 0.15) is 61.7 Å². The number of nitrogens with zero attached hydrogens (tertiary/aromatic N) is 4. The molecule has 4 aromatic rings. The average Bonchev–Trinajstić information content (AvgIpc) is 3.16. The van der Waals surface area contributed by atoms with Gasteiger partial charge in [0.15, 0.2) is 11.5 Å². The molecule has 3 aliphatic heterocycles. The van der Waals surface area contributed by atoms with Gasteiger partial charge in [-0.2, -0.15) is 0 Å². The molecule has 2 N–H and O–H groups in total. The van der Waals surface area contributed by atoms with Gasteiger partial charge in [0, 0.05) is 48.1 Å². The number of carboxylic acid groups (broad SMARTS) is 1. The van der Waals surface area contributed by atoms with Crippen LogP contribution in [0, 0.1) is 5.92 Å². The molecule has 3 aliphatic rings. The van der Waals surface area contributed by atoms with Crippen molar-refractivity contribution < 1.29 is 43.6 Å². The Kier molecular flexibility index (Phi) is 11.8. The molecule has 0 radical (unpaired) electrons. The zero-order chi connectivity index (χ0) is 38.7. The summed E-state index contributed by atoms with van der Waals surface area (Å²) in [5, 5.41) is 20.9. The van der Waals surface area contributed by atoms with Gasteiger partial charge in [0.05, 0.1) is 26.3 Å². The summed E-state index contributed by atoms with van der Waals surface area (Å²) < 4.78 is 18.1. The maximum Gasteiger partial charge on any atom is 0.414 e. The molecule has 1 aromatic heterocycles. The Morgan fingerprint density at radius 3 is 2.26 bits per heavy atom. The molecule has 54 heavy (non-hydrogen) atoms. The number of pyridine rings is 1. The lowest BCUT2D eigenvalue weighted by Gasteiger charge is -2.44. The van der Waals surface area contributed by atoms with Gasteiger partial charge in [-0.25, -0.2) is 9.59 Å². The third-order valence-electron chi connectivity index (χ3n) is 10.2. The highest BCUT2D eigenvalue weighted by atomic mass is 35.5. The van der Waals surface area contributed by atoms with Crippen molar-refractivity contribution in [1.29, 1.82) is 0 Å².